The molecule has 0 saturated heterocycles. The van der Waals surface area contributed by atoms with Gasteiger partial charge in [-0.3, -0.25) is 0 Å². The molecule has 1 unspecified atom stereocenters. The third-order valence-corrected chi connectivity index (χ3v) is 2.86. The number of unbranched alkanes of at least 4 members (excludes halogenated alkanes) is 1. The number of rotatable bonds is 7. The van der Waals surface area contributed by atoms with E-state index >= 15 is 0 Å². The Kier molecular flexibility index (Phi) is 5.98. The Morgan fingerprint density at radius 1 is 1.35 bits per heavy atom. The van der Waals surface area contributed by atoms with Crippen LogP contribution in [0.1, 0.15) is 44.7 Å². The maximum Gasteiger partial charge on any atom is 0.123 e. The van der Waals surface area contributed by atoms with Crippen LogP contribution in [0.3, 0.4) is 0 Å². The fourth-order valence-electron chi connectivity index (χ4n) is 2.00. The van der Waals surface area contributed by atoms with Crippen LogP contribution in [-0.2, 0) is 0 Å². The van der Waals surface area contributed by atoms with Crippen molar-refractivity contribution in [1.29, 1.82) is 0 Å². The van der Waals surface area contributed by atoms with E-state index < -0.39 is 0 Å². The van der Waals surface area contributed by atoms with Gasteiger partial charge in [0.2, 0.25) is 0 Å². The first kappa shape index (κ1) is 14.0. The van der Waals surface area contributed by atoms with Crippen LogP contribution in [0.25, 0.3) is 0 Å². The molecule has 0 bridgehead atoms. The van der Waals surface area contributed by atoms with Gasteiger partial charge in [-0.25, -0.2) is 4.39 Å². The number of benzene rings is 1. The fourth-order valence-corrected chi connectivity index (χ4v) is 2.00. The normalized spacial score (nSPS) is 12.5. The summed E-state index contributed by atoms with van der Waals surface area (Å²) in [5.74, 6) is 0.550. The standard InChI is InChI=1S/C14H22FNO/c1-4-6-7-13(16-5-2)12-10-11(15)8-9-14(12)17-3/h8-10,13,16H,4-7H2,1-3H3. The van der Waals surface area contributed by atoms with Gasteiger partial charge in [-0.15, -0.1) is 0 Å². The van der Waals surface area contributed by atoms with Gasteiger partial charge in [0.15, 0.2) is 0 Å². The van der Waals surface area contributed by atoms with E-state index in [0.29, 0.717) is 0 Å². The molecule has 0 amide bonds. The van der Waals surface area contributed by atoms with Crippen molar-refractivity contribution < 1.29 is 9.13 Å². The molecular weight excluding hydrogens is 217 g/mol. The molecular formula is C14H22FNO. The van der Waals surface area contributed by atoms with E-state index in [4.69, 9.17) is 4.74 Å². The summed E-state index contributed by atoms with van der Waals surface area (Å²) in [6.07, 6.45) is 3.26. The third-order valence-electron chi connectivity index (χ3n) is 2.86. The van der Waals surface area contributed by atoms with Crippen LogP contribution in [0.15, 0.2) is 18.2 Å². The van der Waals surface area contributed by atoms with E-state index in [1.165, 1.54) is 6.07 Å². The van der Waals surface area contributed by atoms with E-state index in [1.807, 2.05) is 0 Å². The molecule has 1 aromatic carbocycles. The number of ether oxygens (including phenoxy) is 1. The van der Waals surface area contributed by atoms with Crippen molar-refractivity contribution in [2.45, 2.75) is 39.2 Å². The molecule has 0 radical (unpaired) electrons. The lowest BCUT2D eigenvalue weighted by atomic mass is 10.00. The Morgan fingerprint density at radius 2 is 2.12 bits per heavy atom. The van der Waals surface area contributed by atoms with Gasteiger partial charge in [-0.2, -0.15) is 0 Å². The molecule has 0 aliphatic heterocycles. The molecule has 3 heteroatoms. The van der Waals surface area contributed by atoms with Crippen LogP contribution in [-0.4, -0.2) is 13.7 Å². The highest BCUT2D eigenvalue weighted by Gasteiger charge is 2.15. The minimum absolute atomic E-state index is 0.172. The summed E-state index contributed by atoms with van der Waals surface area (Å²) < 4.78 is 18.6. The second-order valence-corrected chi connectivity index (χ2v) is 4.14. The lowest BCUT2D eigenvalue weighted by Crippen LogP contribution is -2.21. The van der Waals surface area contributed by atoms with Gasteiger partial charge in [0.25, 0.3) is 0 Å². The third kappa shape index (κ3) is 4.00. The Balaban J connectivity index is 2.93. The molecule has 1 rings (SSSR count). The minimum Gasteiger partial charge on any atom is -0.496 e. The van der Waals surface area contributed by atoms with Crippen molar-refractivity contribution in [2.75, 3.05) is 13.7 Å². The van der Waals surface area contributed by atoms with Gasteiger partial charge >= 0.3 is 0 Å². The quantitative estimate of drug-likeness (QED) is 0.783. The predicted octanol–water partition coefficient (Wildman–Crippen LogP) is 3.68. The molecule has 0 spiro atoms. The van der Waals surface area contributed by atoms with Gasteiger partial charge in [0.05, 0.1) is 7.11 Å². The molecule has 0 aromatic heterocycles. The summed E-state index contributed by atoms with van der Waals surface area (Å²) in [4.78, 5) is 0. The summed E-state index contributed by atoms with van der Waals surface area (Å²) in [5, 5.41) is 3.39. The van der Waals surface area contributed by atoms with Crippen molar-refractivity contribution in [2.24, 2.45) is 0 Å². The Labute approximate surface area is 103 Å². The number of hydrogen-bond donors (Lipinski definition) is 1. The number of nitrogens with one attached hydrogen (secondary N) is 1. The fraction of sp³-hybridized carbons (Fsp3) is 0.571. The van der Waals surface area contributed by atoms with Crippen molar-refractivity contribution in [1.82, 2.24) is 5.32 Å². The molecule has 96 valence electrons. The highest BCUT2D eigenvalue weighted by molar-refractivity contribution is 5.36. The van der Waals surface area contributed by atoms with Gasteiger partial charge in [0.1, 0.15) is 11.6 Å². The Hall–Kier alpha value is -1.09. The van der Waals surface area contributed by atoms with Crippen LogP contribution in [0.5, 0.6) is 5.75 Å². The smallest absolute Gasteiger partial charge is 0.123 e. The molecule has 0 fully saturated rings. The number of halogens is 1. The topological polar surface area (TPSA) is 21.3 Å². The lowest BCUT2D eigenvalue weighted by molar-refractivity contribution is 0.392. The van der Waals surface area contributed by atoms with Crippen molar-refractivity contribution in [3.05, 3.63) is 29.6 Å². The summed E-state index contributed by atoms with van der Waals surface area (Å²) in [7, 11) is 1.62. The van der Waals surface area contributed by atoms with Crippen LogP contribution >= 0.6 is 0 Å². The molecule has 0 aliphatic carbocycles. The van der Waals surface area contributed by atoms with E-state index in [0.717, 1.165) is 37.1 Å². The van der Waals surface area contributed by atoms with Gasteiger partial charge in [-0.05, 0) is 31.2 Å². The molecule has 1 atom stereocenters. The largest absolute Gasteiger partial charge is 0.496 e. The first-order chi connectivity index (χ1) is 8.22. The van der Waals surface area contributed by atoms with E-state index in [9.17, 15) is 4.39 Å². The minimum atomic E-state index is -0.208. The zero-order valence-electron chi connectivity index (χ0n) is 10.9. The lowest BCUT2D eigenvalue weighted by Gasteiger charge is -2.20. The zero-order chi connectivity index (χ0) is 12.7. The van der Waals surface area contributed by atoms with Crippen LogP contribution < -0.4 is 10.1 Å². The van der Waals surface area contributed by atoms with Crippen molar-refractivity contribution in [3.63, 3.8) is 0 Å². The average molecular weight is 239 g/mol. The Bertz CT molecular complexity index is 341. The predicted molar refractivity (Wildman–Crippen MR) is 68.9 cm³/mol. The second kappa shape index (κ2) is 7.28. The van der Waals surface area contributed by atoms with Gasteiger partial charge < -0.3 is 10.1 Å². The highest BCUT2D eigenvalue weighted by atomic mass is 19.1. The molecule has 0 saturated carbocycles. The molecule has 2 nitrogen and oxygen atoms in total. The Morgan fingerprint density at radius 3 is 2.71 bits per heavy atom. The molecule has 1 aromatic rings. The number of methoxy groups -OCH3 is 1. The van der Waals surface area contributed by atoms with Gasteiger partial charge in [-0.1, -0.05) is 26.7 Å². The second-order valence-electron chi connectivity index (χ2n) is 4.14. The van der Waals surface area contributed by atoms with Crippen LogP contribution in [0.2, 0.25) is 0 Å². The van der Waals surface area contributed by atoms with Crippen molar-refractivity contribution in [3.8, 4) is 5.75 Å². The first-order valence-electron chi connectivity index (χ1n) is 6.29. The highest BCUT2D eigenvalue weighted by Crippen LogP contribution is 2.29. The average Bonchev–Trinajstić information content (AvgIpc) is 2.34. The maximum absolute atomic E-state index is 13.3. The van der Waals surface area contributed by atoms with Crippen molar-refractivity contribution >= 4 is 0 Å². The summed E-state index contributed by atoms with van der Waals surface area (Å²) in [5.41, 5.74) is 0.919. The number of hydrogen-bond acceptors (Lipinski definition) is 2. The van der Waals surface area contributed by atoms with Crippen LogP contribution in [0.4, 0.5) is 4.39 Å². The maximum atomic E-state index is 13.3. The molecule has 0 aliphatic rings. The molecule has 1 N–H and O–H groups in total. The monoisotopic (exact) mass is 239 g/mol. The van der Waals surface area contributed by atoms with Crippen LogP contribution in [0, 0.1) is 5.82 Å². The first-order valence-corrected chi connectivity index (χ1v) is 6.29. The molecule has 17 heavy (non-hydrogen) atoms. The SMILES string of the molecule is CCCCC(NCC)c1cc(F)ccc1OC. The summed E-state index contributed by atoms with van der Waals surface area (Å²) in [6, 6.07) is 4.87. The zero-order valence-corrected chi connectivity index (χ0v) is 10.9. The van der Waals surface area contributed by atoms with E-state index in [2.05, 4.69) is 19.2 Å². The van der Waals surface area contributed by atoms with E-state index in [-0.39, 0.29) is 11.9 Å². The summed E-state index contributed by atoms with van der Waals surface area (Å²) >= 11 is 0. The van der Waals surface area contributed by atoms with Gasteiger partial charge in [0, 0.05) is 11.6 Å². The summed E-state index contributed by atoms with van der Waals surface area (Å²) in [6.45, 7) is 5.09. The molecule has 0 heterocycles. The van der Waals surface area contributed by atoms with E-state index in [1.54, 1.807) is 19.2 Å².